The molecule has 6 aromatic rings. The van der Waals surface area contributed by atoms with Crippen LogP contribution in [0.25, 0.3) is 0 Å². The molecule has 3 heterocycles. The molecule has 3 aromatic carbocycles. The summed E-state index contributed by atoms with van der Waals surface area (Å²) in [6, 6.07) is 17.6. The zero-order valence-electron chi connectivity index (χ0n) is 42.1. The zero-order chi connectivity index (χ0) is 55.8. The lowest BCUT2D eigenvalue weighted by atomic mass is 9.84. The van der Waals surface area contributed by atoms with Crippen LogP contribution in [0.5, 0.6) is 0 Å². The van der Waals surface area contributed by atoms with Crippen LogP contribution in [-0.4, -0.2) is 44.1 Å². The van der Waals surface area contributed by atoms with Crippen LogP contribution < -0.4 is 34.4 Å². The van der Waals surface area contributed by atoms with E-state index >= 15 is 8.78 Å². The number of nitrogen functional groups attached to an aromatic ring is 3. The number of pyridine rings is 3. The Labute approximate surface area is 449 Å². The van der Waals surface area contributed by atoms with Crippen LogP contribution in [0.4, 0.5) is 30.6 Å². The summed E-state index contributed by atoms with van der Waals surface area (Å²) >= 11 is 18.2. The average molecular weight is 1090 g/mol. The van der Waals surface area contributed by atoms with E-state index < -0.39 is 40.8 Å². The number of primary amides is 2. The van der Waals surface area contributed by atoms with Crippen LogP contribution in [0, 0.1) is 29.3 Å². The van der Waals surface area contributed by atoms with Gasteiger partial charge in [0, 0.05) is 59.7 Å². The number of carbonyl (C=O) groups is 5. The molecular weight excluding hydrogens is 1030 g/mol. The number of hydrogen-bond acceptors (Lipinski definition) is 12. The van der Waals surface area contributed by atoms with Crippen molar-refractivity contribution in [2.45, 2.75) is 97.4 Å². The summed E-state index contributed by atoms with van der Waals surface area (Å²) in [5.74, 6) is -3.88. The van der Waals surface area contributed by atoms with Gasteiger partial charge < -0.3 is 34.4 Å². The summed E-state index contributed by atoms with van der Waals surface area (Å²) in [7, 11) is 0. The van der Waals surface area contributed by atoms with E-state index in [0.717, 1.165) is 0 Å². The summed E-state index contributed by atoms with van der Waals surface area (Å²) in [6.45, 7) is 9.49. The summed E-state index contributed by atoms with van der Waals surface area (Å²) < 4.78 is 45.1. The molecule has 5 atom stereocenters. The molecule has 0 spiro atoms. The Bertz CT molecular complexity index is 2850. The van der Waals surface area contributed by atoms with Crippen molar-refractivity contribution in [2.24, 2.45) is 29.0 Å². The number of ketones is 3. The van der Waals surface area contributed by atoms with Crippen molar-refractivity contribution < 1.29 is 37.1 Å². The van der Waals surface area contributed by atoms with E-state index in [2.05, 4.69) is 15.0 Å². The van der Waals surface area contributed by atoms with Gasteiger partial charge in [-0.2, -0.15) is 0 Å². The Kier molecular flexibility index (Phi) is 22.7. The Morgan fingerprint density at radius 2 is 0.773 bits per heavy atom. The molecule has 0 aliphatic heterocycles. The molecule has 14 nitrogen and oxygen atoms in total. The average Bonchev–Trinajstić information content (AvgIpc) is 3.35. The molecule has 75 heavy (non-hydrogen) atoms. The Morgan fingerprint density at radius 1 is 0.480 bits per heavy atom. The van der Waals surface area contributed by atoms with Crippen LogP contribution >= 0.6 is 34.8 Å². The molecule has 398 valence electrons. The second-order valence-electron chi connectivity index (χ2n) is 18.1. The van der Waals surface area contributed by atoms with Crippen molar-refractivity contribution in [1.82, 2.24) is 15.0 Å². The summed E-state index contributed by atoms with van der Waals surface area (Å²) in [6.07, 6.45) is 7.36. The van der Waals surface area contributed by atoms with Crippen molar-refractivity contribution in [3.63, 3.8) is 0 Å². The lowest BCUT2D eigenvalue weighted by molar-refractivity contribution is -0.119. The monoisotopic (exact) mass is 1090 g/mol. The van der Waals surface area contributed by atoms with Crippen LogP contribution in [0.1, 0.15) is 162 Å². The highest BCUT2D eigenvalue weighted by Crippen LogP contribution is 2.37. The van der Waals surface area contributed by atoms with Gasteiger partial charge in [0.25, 0.3) is 0 Å². The lowest BCUT2D eigenvalue weighted by Gasteiger charge is -2.21. The largest absolute Gasteiger partial charge is 0.384 e. The molecule has 0 fully saturated rings. The third-order valence-corrected chi connectivity index (χ3v) is 13.3. The summed E-state index contributed by atoms with van der Waals surface area (Å²) in [5.41, 5.74) is 34.0. The molecular formula is C55H61Cl3F3N9O5. The fraction of sp³-hybridized carbons (Fsp3) is 0.309. The molecule has 6 rings (SSSR count). The van der Waals surface area contributed by atoms with E-state index in [4.69, 9.17) is 69.2 Å². The SMILES string of the molecule is CC[C@@H](C[C@@H](C)CC(N)=O)c1ccc(Cl)c(C(=O)c2ccc(N)nc2)c1F.CC[C@@H](C[C@H](C)CC(N)=O)c1ccc(Cl)c(C(=O)c2ccc(N)nc2)c1F.CC[C@@H](N)c1ccc(Cl)c(C(=O)c2ccc(N)nc2)c1F. The van der Waals surface area contributed by atoms with Crippen LogP contribution in [-0.2, 0) is 9.59 Å². The molecule has 0 aliphatic carbocycles. The highest BCUT2D eigenvalue weighted by Gasteiger charge is 2.28. The van der Waals surface area contributed by atoms with Gasteiger partial charge in [-0.1, -0.05) is 87.6 Å². The van der Waals surface area contributed by atoms with Gasteiger partial charge in [0.1, 0.15) is 34.9 Å². The Morgan fingerprint density at radius 3 is 1.03 bits per heavy atom. The predicted octanol–water partition coefficient (Wildman–Crippen LogP) is 11.3. The number of carbonyl (C=O) groups excluding carboxylic acids is 5. The maximum absolute atomic E-state index is 15.3. The molecule has 12 N–H and O–H groups in total. The Hall–Kier alpha value is -6.92. The number of halogens is 6. The van der Waals surface area contributed by atoms with Crippen LogP contribution in [0.2, 0.25) is 15.1 Å². The van der Waals surface area contributed by atoms with E-state index in [0.29, 0.717) is 43.2 Å². The first-order valence-electron chi connectivity index (χ1n) is 24.0. The van der Waals surface area contributed by atoms with Gasteiger partial charge in [0.2, 0.25) is 11.8 Å². The van der Waals surface area contributed by atoms with Crippen molar-refractivity contribution in [2.75, 3.05) is 17.2 Å². The van der Waals surface area contributed by atoms with Crippen LogP contribution in [0.3, 0.4) is 0 Å². The molecule has 20 heteroatoms. The lowest BCUT2D eigenvalue weighted by Crippen LogP contribution is -2.17. The van der Waals surface area contributed by atoms with Gasteiger partial charge in [-0.15, -0.1) is 0 Å². The number of amides is 2. The number of benzene rings is 3. The highest BCUT2D eigenvalue weighted by atomic mass is 35.5. The maximum atomic E-state index is 15.3. The smallest absolute Gasteiger partial charge is 0.217 e. The predicted molar refractivity (Wildman–Crippen MR) is 289 cm³/mol. The van der Waals surface area contributed by atoms with E-state index in [-0.39, 0.29) is 120 Å². The van der Waals surface area contributed by atoms with Gasteiger partial charge in [0.15, 0.2) is 17.3 Å². The first-order chi connectivity index (χ1) is 35.4. The molecule has 0 saturated heterocycles. The van der Waals surface area contributed by atoms with Gasteiger partial charge in [-0.25, -0.2) is 28.1 Å². The zero-order valence-corrected chi connectivity index (χ0v) is 44.4. The third kappa shape index (κ3) is 16.3. The molecule has 0 aliphatic rings. The van der Waals surface area contributed by atoms with E-state index in [9.17, 15) is 28.4 Å². The number of anilines is 3. The number of nitrogens with zero attached hydrogens (tertiary/aromatic N) is 3. The fourth-order valence-electron chi connectivity index (χ4n) is 8.37. The molecule has 0 unspecified atom stereocenters. The van der Waals surface area contributed by atoms with Gasteiger partial charge in [-0.05, 0) is 121 Å². The molecule has 3 aromatic heterocycles. The first kappa shape index (κ1) is 60.6. The van der Waals surface area contributed by atoms with Gasteiger partial charge in [0.05, 0.1) is 31.8 Å². The summed E-state index contributed by atoms with van der Waals surface area (Å²) in [4.78, 5) is 71.8. The van der Waals surface area contributed by atoms with E-state index in [1.807, 2.05) is 34.6 Å². The molecule has 0 saturated carbocycles. The Balaban J connectivity index is 0.000000246. The van der Waals surface area contributed by atoms with E-state index in [1.54, 1.807) is 12.1 Å². The number of nitrogens with two attached hydrogens (primary N) is 6. The van der Waals surface area contributed by atoms with Crippen LogP contribution in [0.15, 0.2) is 91.4 Å². The topological polar surface area (TPSA) is 280 Å². The van der Waals surface area contributed by atoms with Crippen molar-refractivity contribution >= 4 is 81.4 Å². The van der Waals surface area contributed by atoms with Crippen molar-refractivity contribution in [3.05, 3.63) is 174 Å². The highest BCUT2D eigenvalue weighted by molar-refractivity contribution is 6.36. The second kappa shape index (κ2) is 28.1. The first-order valence-corrected chi connectivity index (χ1v) is 25.1. The number of aromatic nitrogens is 3. The quantitative estimate of drug-likeness (QED) is 0.0389. The minimum atomic E-state index is -0.682. The fourth-order valence-corrected chi connectivity index (χ4v) is 9.07. The number of hydrogen-bond donors (Lipinski definition) is 6. The summed E-state index contributed by atoms with van der Waals surface area (Å²) in [5, 5.41) is 0.123. The van der Waals surface area contributed by atoms with Gasteiger partial charge in [-0.3, -0.25) is 24.0 Å². The normalized spacial score (nSPS) is 12.9. The molecule has 0 bridgehead atoms. The second-order valence-corrected chi connectivity index (χ2v) is 19.3. The minimum Gasteiger partial charge on any atom is -0.384 e. The maximum Gasteiger partial charge on any atom is 0.217 e. The van der Waals surface area contributed by atoms with Gasteiger partial charge >= 0.3 is 0 Å². The van der Waals surface area contributed by atoms with E-state index in [1.165, 1.54) is 79.3 Å². The van der Waals surface area contributed by atoms with Crippen molar-refractivity contribution in [1.29, 1.82) is 0 Å². The minimum absolute atomic E-state index is 0.00276. The van der Waals surface area contributed by atoms with Crippen molar-refractivity contribution in [3.8, 4) is 0 Å². The number of rotatable bonds is 20. The molecule has 2 amide bonds. The molecule has 0 radical (unpaired) electrons. The third-order valence-electron chi connectivity index (χ3n) is 12.4. The standard InChI is InChI=1S/2C20H23ClFN3O2.C15H15ClFN3O/c2*1-3-12(8-11(2)9-17(24)26)14-5-6-15(21)18(19(14)22)20(27)13-4-7-16(23)25-10-13;1-2-11(18)9-4-5-10(16)13(14(9)17)15(21)8-3-6-12(19)20-7-8/h2*4-7,10-12H,3,8-9H2,1-2H3,(H2,23,25)(H2,24,26);3-7,11H,2,18H2,1H3,(H2,19,20)/t11-,12+;11-,12-;11-/m101/s1.